The molecule has 2 aromatic rings. The van der Waals surface area contributed by atoms with Gasteiger partial charge in [-0.25, -0.2) is 0 Å². The fraction of sp³-hybridized carbons (Fsp3) is 0.316. The van der Waals surface area contributed by atoms with Gasteiger partial charge in [-0.2, -0.15) is 0 Å². The summed E-state index contributed by atoms with van der Waals surface area (Å²) in [7, 11) is 0. The van der Waals surface area contributed by atoms with E-state index in [4.69, 9.17) is 23.8 Å². The number of hydrogen-bond donors (Lipinski definition) is 2. The van der Waals surface area contributed by atoms with E-state index in [1.165, 1.54) is 24.0 Å². The molecule has 24 heavy (non-hydrogen) atoms. The first-order chi connectivity index (χ1) is 11.5. The third-order valence-corrected chi connectivity index (χ3v) is 6.03. The van der Waals surface area contributed by atoms with Crippen molar-refractivity contribution in [3.8, 4) is 0 Å². The van der Waals surface area contributed by atoms with Crippen molar-refractivity contribution in [3.05, 3.63) is 63.1 Å². The van der Waals surface area contributed by atoms with Crippen molar-refractivity contribution in [1.82, 2.24) is 5.32 Å². The SMILES string of the molecule is Cc1ccc(C2(NC(=S)Nc3ccc(Br)c(Cl)c3)CCCC2)cc1. The van der Waals surface area contributed by atoms with E-state index in [0.717, 1.165) is 23.0 Å². The molecule has 5 heteroatoms. The molecule has 0 bridgehead atoms. The Bertz CT molecular complexity index is 740. The molecule has 3 rings (SSSR count). The molecule has 0 spiro atoms. The van der Waals surface area contributed by atoms with Crippen LogP contribution in [0.15, 0.2) is 46.9 Å². The van der Waals surface area contributed by atoms with E-state index in [0.29, 0.717) is 10.1 Å². The van der Waals surface area contributed by atoms with Crippen LogP contribution < -0.4 is 10.6 Å². The summed E-state index contributed by atoms with van der Waals surface area (Å²) in [5, 5.41) is 8.13. The summed E-state index contributed by atoms with van der Waals surface area (Å²) < 4.78 is 0.875. The van der Waals surface area contributed by atoms with Gasteiger partial charge >= 0.3 is 0 Å². The number of nitrogens with one attached hydrogen (secondary N) is 2. The van der Waals surface area contributed by atoms with Gasteiger partial charge in [0.1, 0.15) is 0 Å². The van der Waals surface area contributed by atoms with Crippen LogP contribution >= 0.6 is 39.7 Å². The smallest absolute Gasteiger partial charge is 0.171 e. The average molecular weight is 424 g/mol. The third-order valence-electron chi connectivity index (χ3n) is 4.59. The second kappa shape index (κ2) is 7.42. The first-order valence-electron chi connectivity index (χ1n) is 8.10. The average Bonchev–Trinajstić information content (AvgIpc) is 3.01. The molecule has 2 nitrogen and oxygen atoms in total. The van der Waals surface area contributed by atoms with E-state index >= 15 is 0 Å². The Morgan fingerprint density at radius 3 is 2.42 bits per heavy atom. The quantitative estimate of drug-likeness (QED) is 0.577. The molecule has 126 valence electrons. The maximum absolute atomic E-state index is 6.16. The Balaban J connectivity index is 1.76. The summed E-state index contributed by atoms with van der Waals surface area (Å²) in [6.45, 7) is 2.11. The minimum absolute atomic E-state index is 0.0725. The van der Waals surface area contributed by atoms with Crippen LogP contribution in [0.4, 0.5) is 5.69 Å². The highest BCUT2D eigenvalue weighted by Gasteiger charge is 2.36. The largest absolute Gasteiger partial charge is 0.353 e. The molecule has 0 amide bonds. The lowest BCUT2D eigenvalue weighted by Crippen LogP contribution is -2.45. The van der Waals surface area contributed by atoms with E-state index < -0.39 is 0 Å². The zero-order valence-electron chi connectivity index (χ0n) is 13.5. The van der Waals surface area contributed by atoms with E-state index in [9.17, 15) is 0 Å². The molecule has 1 fully saturated rings. The summed E-state index contributed by atoms with van der Waals surface area (Å²) in [5.74, 6) is 0. The highest BCUT2D eigenvalue weighted by molar-refractivity contribution is 9.10. The van der Waals surface area contributed by atoms with Crippen molar-refractivity contribution < 1.29 is 0 Å². The molecule has 0 radical (unpaired) electrons. The molecule has 2 N–H and O–H groups in total. The van der Waals surface area contributed by atoms with Crippen molar-refractivity contribution in [2.75, 3.05) is 5.32 Å². The fourth-order valence-electron chi connectivity index (χ4n) is 3.29. The minimum Gasteiger partial charge on any atom is -0.353 e. The first kappa shape index (κ1) is 17.7. The highest BCUT2D eigenvalue weighted by atomic mass is 79.9. The molecule has 0 saturated heterocycles. The number of hydrogen-bond acceptors (Lipinski definition) is 1. The normalized spacial score (nSPS) is 16.0. The highest BCUT2D eigenvalue weighted by Crippen LogP contribution is 2.39. The number of benzene rings is 2. The molecule has 2 aromatic carbocycles. The molecule has 0 atom stereocenters. The van der Waals surface area contributed by atoms with Gasteiger partial charge in [0.2, 0.25) is 0 Å². The molecule has 1 aliphatic rings. The Labute approximate surface area is 162 Å². The number of rotatable bonds is 3. The van der Waals surface area contributed by atoms with Gasteiger partial charge < -0.3 is 10.6 Å². The first-order valence-corrected chi connectivity index (χ1v) is 9.68. The predicted octanol–water partition coefficient (Wildman–Crippen LogP) is 6.17. The maximum Gasteiger partial charge on any atom is 0.171 e. The van der Waals surface area contributed by atoms with Crippen LogP contribution in [0, 0.1) is 6.92 Å². The summed E-state index contributed by atoms with van der Waals surface area (Å²) in [6.07, 6.45) is 4.62. The van der Waals surface area contributed by atoms with Gasteiger partial charge in [-0.1, -0.05) is 54.3 Å². The monoisotopic (exact) mass is 422 g/mol. The van der Waals surface area contributed by atoms with Crippen molar-refractivity contribution in [2.45, 2.75) is 38.1 Å². The lowest BCUT2D eigenvalue weighted by atomic mass is 9.88. The van der Waals surface area contributed by atoms with Crippen molar-refractivity contribution in [3.63, 3.8) is 0 Å². The van der Waals surface area contributed by atoms with E-state index in [-0.39, 0.29) is 5.54 Å². The molecule has 0 aliphatic heterocycles. The van der Waals surface area contributed by atoms with Crippen LogP contribution in [0.1, 0.15) is 36.8 Å². The summed E-state index contributed by atoms with van der Waals surface area (Å²) in [4.78, 5) is 0. The second-order valence-corrected chi connectivity index (χ2v) is 8.03. The Morgan fingerprint density at radius 1 is 1.12 bits per heavy atom. The van der Waals surface area contributed by atoms with Gasteiger partial charge in [-0.05, 0) is 71.7 Å². The van der Waals surface area contributed by atoms with Gasteiger partial charge in [0, 0.05) is 10.2 Å². The molecular formula is C19H20BrClN2S. The van der Waals surface area contributed by atoms with Gasteiger partial charge in [0.05, 0.1) is 10.6 Å². The topological polar surface area (TPSA) is 24.1 Å². The zero-order chi connectivity index (χ0) is 17.2. The van der Waals surface area contributed by atoms with E-state index in [1.54, 1.807) is 0 Å². The Hall–Kier alpha value is -1.10. The van der Waals surface area contributed by atoms with Crippen molar-refractivity contribution >= 4 is 50.5 Å². The molecule has 0 heterocycles. The fourth-order valence-corrected chi connectivity index (χ4v) is 4.03. The molecule has 1 saturated carbocycles. The molecular weight excluding hydrogens is 404 g/mol. The summed E-state index contributed by atoms with van der Waals surface area (Å²) in [5.41, 5.74) is 3.40. The molecule has 0 aromatic heterocycles. The summed E-state index contributed by atoms with van der Waals surface area (Å²) in [6, 6.07) is 14.5. The van der Waals surface area contributed by atoms with E-state index in [1.807, 2.05) is 18.2 Å². The standard InChI is InChI=1S/C19H20BrClN2S/c1-13-4-6-14(7-5-13)19(10-2-3-11-19)23-18(24)22-15-8-9-16(20)17(21)12-15/h4-9,12H,2-3,10-11H2,1H3,(H2,22,23,24). The molecule has 0 unspecified atom stereocenters. The van der Waals surface area contributed by atoms with Crippen molar-refractivity contribution in [2.24, 2.45) is 0 Å². The van der Waals surface area contributed by atoms with Crippen LogP contribution in [0.25, 0.3) is 0 Å². The van der Waals surface area contributed by atoms with Gasteiger partial charge in [-0.3, -0.25) is 0 Å². The Morgan fingerprint density at radius 2 is 1.79 bits per heavy atom. The lowest BCUT2D eigenvalue weighted by molar-refractivity contribution is 0.408. The zero-order valence-corrected chi connectivity index (χ0v) is 16.7. The number of halogens is 2. The van der Waals surface area contributed by atoms with Gasteiger partial charge in [-0.15, -0.1) is 0 Å². The maximum atomic E-state index is 6.16. The van der Waals surface area contributed by atoms with Gasteiger partial charge in [0.25, 0.3) is 0 Å². The Kier molecular flexibility index (Phi) is 5.48. The van der Waals surface area contributed by atoms with Crippen LogP contribution in [0.3, 0.4) is 0 Å². The van der Waals surface area contributed by atoms with Crippen LogP contribution in [-0.4, -0.2) is 5.11 Å². The number of anilines is 1. The summed E-state index contributed by atoms with van der Waals surface area (Å²) >= 11 is 15.1. The minimum atomic E-state index is -0.0725. The van der Waals surface area contributed by atoms with Crippen LogP contribution in [-0.2, 0) is 5.54 Å². The second-order valence-electron chi connectivity index (χ2n) is 6.36. The van der Waals surface area contributed by atoms with Crippen molar-refractivity contribution in [1.29, 1.82) is 0 Å². The van der Waals surface area contributed by atoms with Gasteiger partial charge in [0.15, 0.2) is 5.11 Å². The predicted molar refractivity (Wildman–Crippen MR) is 110 cm³/mol. The molecule has 1 aliphatic carbocycles. The number of thiocarbonyl (C=S) groups is 1. The van der Waals surface area contributed by atoms with Crippen LogP contribution in [0.5, 0.6) is 0 Å². The third kappa shape index (κ3) is 3.93. The van der Waals surface area contributed by atoms with E-state index in [2.05, 4.69) is 57.8 Å². The number of aryl methyl sites for hydroxylation is 1. The lowest BCUT2D eigenvalue weighted by Gasteiger charge is -2.32. The van der Waals surface area contributed by atoms with Crippen LogP contribution in [0.2, 0.25) is 5.02 Å².